The van der Waals surface area contributed by atoms with Gasteiger partial charge in [0.2, 0.25) is 0 Å². The topological polar surface area (TPSA) is 42.2 Å². The predicted octanol–water partition coefficient (Wildman–Crippen LogP) is 3.98. The highest BCUT2D eigenvalue weighted by Gasteiger charge is 2.20. The highest BCUT2D eigenvalue weighted by atomic mass is 16.4. The molecule has 1 atom stereocenters. The van der Waals surface area contributed by atoms with Gasteiger partial charge in [0.1, 0.15) is 0 Å². The minimum Gasteiger partial charge on any atom is -0.481 e. The Morgan fingerprint density at radius 2 is 1.77 bits per heavy atom. The van der Waals surface area contributed by atoms with Crippen LogP contribution in [-0.4, -0.2) is 15.6 Å². The van der Waals surface area contributed by atoms with E-state index < -0.39 is 5.97 Å². The van der Waals surface area contributed by atoms with Crippen molar-refractivity contribution in [2.45, 2.75) is 18.8 Å². The lowest BCUT2D eigenvalue weighted by Crippen LogP contribution is -2.09. The molecule has 0 aliphatic heterocycles. The lowest BCUT2D eigenvalue weighted by Gasteiger charge is -2.14. The smallest absolute Gasteiger partial charge is 0.303 e. The van der Waals surface area contributed by atoms with E-state index in [4.69, 9.17) is 0 Å². The maximum atomic E-state index is 11.3. The Labute approximate surface area is 129 Å². The Kier molecular flexibility index (Phi) is 3.96. The number of rotatable bonds is 5. The van der Waals surface area contributed by atoms with Gasteiger partial charge in [0.05, 0.1) is 6.42 Å². The molecule has 0 saturated carbocycles. The molecule has 0 aliphatic rings. The monoisotopic (exact) mass is 293 g/mol. The molecule has 0 saturated heterocycles. The van der Waals surface area contributed by atoms with Crippen molar-refractivity contribution in [1.29, 1.82) is 0 Å². The normalized spacial score (nSPS) is 12.4. The Bertz CT molecular complexity index is 790. The van der Waals surface area contributed by atoms with E-state index in [0.29, 0.717) is 0 Å². The maximum Gasteiger partial charge on any atom is 0.303 e. The van der Waals surface area contributed by atoms with Gasteiger partial charge in [0.25, 0.3) is 0 Å². The minimum atomic E-state index is -0.756. The number of carbonyl (C=O) groups is 1. The van der Waals surface area contributed by atoms with Crippen molar-refractivity contribution in [3.8, 4) is 0 Å². The fraction of sp³-hybridized carbons (Fsp3) is 0.211. The molecular weight excluding hydrogens is 274 g/mol. The molecule has 0 aliphatic carbocycles. The van der Waals surface area contributed by atoms with Crippen molar-refractivity contribution in [3.63, 3.8) is 0 Å². The molecule has 0 amide bonds. The number of carboxylic acids is 1. The van der Waals surface area contributed by atoms with Crippen molar-refractivity contribution in [2.75, 3.05) is 0 Å². The van der Waals surface area contributed by atoms with E-state index in [0.717, 1.165) is 22.9 Å². The summed E-state index contributed by atoms with van der Waals surface area (Å²) in [5.41, 5.74) is 3.42. The SMILES string of the molecule is Cn1cc(C(CC(=O)O)Cc2ccccc2)c2ccccc21. The van der Waals surface area contributed by atoms with Gasteiger partial charge in [-0.3, -0.25) is 4.79 Å². The zero-order valence-electron chi connectivity index (χ0n) is 12.6. The summed E-state index contributed by atoms with van der Waals surface area (Å²) < 4.78 is 2.07. The molecule has 1 aromatic heterocycles. The first-order valence-electron chi connectivity index (χ1n) is 7.45. The van der Waals surface area contributed by atoms with Crippen LogP contribution in [0.25, 0.3) is 10.9 Å². The molecular formula is C19H19NO2. The summed E-state index contributed by atoms with van der Waals surface area (Å²) >= 11 is 0. The maximum absolute atomic E-state index is 11.3. The summed E-state index contributed by atoms with van der Waals surface area (Å²) in [5.74, 6) is -0.778. The molecule has 1 unspecified atom stereocenters. The number of nitrogens with zero attached hydrogens (tertiary/aromatic N) is 1. The average molecular weight is 293 g/mol. The number of aryl methyl sites for hydroxylation is 1. The van der Waals surface area contributed by atoms with Crippen molar-refractivity contribution in [3.05, 3.63) is 71.9 Å². The molecule has 3 rings (SSSR count). The summed E-state index contributed by atoms with van der Waals surface area (Å²) in [6.07, 6.45) is 2.95. The van der Waals surface area contributed by atoms with Crippen molar-refractivity contribution in [2.24, 2.45) is 7.05 Å². The number of benzene rings is 2. The van der Waals surface area contributed by atoms with E-state index in [9.17, 15) is 9.90 Å². The fourth-order valence-corrected chi connectivity index (χ4v) is 3.10. The zero-order valence-corrected chi connectivity index (χ0v) is 12.6. The number of aliphatic carboxylic acids is 1. The molecule has 1 heterocycles. The molecule has 112 valence electrons. The minimum absolute atomic E-state index is 0.0222. The molecule has 0 bridgehead atoms. The van der Waals surface area contributed by atoms with Gasteiger partial charge in [-0.2, -0.15) is 0 Å². The second-order valence-corrected chi connectivity index (χ2v) is 5.70. The first kappa shape index (κ1) is 14.4. The van der Waals surface area contributed by atoms with Gasteiger partial charge in [-0.1, -0.05) is 48.5 Å². The van der Waals surface area contributed by atoms with Crippen LogP contribution in [0.3, 0.4) is 0 Å². The summed E-state index contributed by atoms with van der Waals surface area (Å²) in [4.78, 5) is 11.3. The number of para-hydroxylation sites is 1. The van der Waals surface area contributed by atoms with Crippen LogP contribution in [0.1, 0.15) is 23.5 Å². The van der Waals surface area contributed by atoms with E-state index in [1.807, 2.05) is 37.4 Å². The van der Waals surface area contributed by atoms with Gasteiger partial charge >= 0.3 is 5.97 Å². The number of hydrogen-bond acceptors (Lipinski definition) is 1. The molecule has 22 heavy (non-hydrogen) atoms. The number of aromatic nitrogens is 1. The summed E-state index contributed by atoms with van der Waals surface area (Å²) in [5, 5.41) is 10.4. The van der Waals surface area contributed by atoms with Gasteiger partial charge in [-0.25, -0.2) is 0 Å². The van der Waals surface area contributed by atoms with Crippen LogP contribution >= 0.6 is 0 Å². The number of fused-ring (bicyclic) bond motifs is 1. The van der Waals surface area contributed by atoms with Crippen LogP contribution in [0.5, 0.6) is 0 Å². The van der Waals surface area contributed by atoms with E-state index in [1.54, 1.807) is 0 Å². The first-order chi connectivity index (χ1) is 10.6. The highest BCUT2D eigenvalue weighted by molar-refractivity contribution is 5.85. The third-order valence-corrected chi connectivity index (χ3v) is 4.11. The van der Waals surface area contributed by atoms with Gasteiger partial charge in [0, 0.05) is 30.1 Å². The largest absolute Gasteiger partial charge is 0.481 e. The Morgan fingerprint density at radius 3 is 2.50 bits per heavy atom. The second-order valence-electron chi connectivity index (χ2n) is 5.70. The van der Waals surface area contributed by atoms with Gasteiger partial charge < -0.3 is 9.67 Å². The Hall–Kier alpha value is -2.55. The van der Waals surface area contributed by atoms with Crippen LogP contribution < -0.4 is 0 Å². The standard InChI is InChI=1S/C19H19NO2/c1-20-13-17(16-9-5-6-10-18(16)20)15(12-19(21)22)11-14-7-3-2-4-8-14/h2-10,13,15H,11-12H2,1H3,(H,21,22). The van der Waals surface area contributed by atoms with Gasteiger partial charge in [0.15, 0.2) is 0 Å². The predicted molar refractivity (Wildman–Crippen MR) is 88.1 cm³/mol. The molecule has 0 radical (unpaired) electrons. The Balaban J connectivity index is 2.02. The third kappa shape index (κ3) is 2.89. The van der Waals surface area contributed by atoms with Gasteiger partial charge in [-0.15, -0.1) is 0 Å². The molecule has 1 N–H and O–H groups in total. The van der Waals surface area contributed by atoms with Gasteiger partial charge in [-0.05, 0) is 23.6 Å². The fourth-order valence-electron chi connectivity index (χ4n) is 3.10. The molecule has 2 aromatic carbocycles. The van der Waals surface area contributed by atoms with Crippen LogP contribution in [0, 0.1) is 0 Å². The lowest BCUT2D eigenvalue weighted by molar-refractivity contribution is -0.137. The molecule has 0 fully saturated rings. The van der Waals surface area contributed by atoms with Crippen molar-refractivity contribution >= 4 is 16.9 Å². The molecule has 3 heteroatoms. The first-order valence-corrected chi connectivity index (χ1v) is 7.45. The number of carboxylic acid groups (broad SMARTS) is 1. The summed E-state index contributed by atoms with van der Waals surface area (Å²) in [7, 11) is 2.01. The van der Waals surface area contributed by atoms with E-state index in [1.165, 1.54) is 5.56 Å². The van der Waals surface area contributed by atoms with Crippen LogP contribution in [0.15, 0.2) is 60.8 Å². The van der Waals surface area contributed by atoms with Crippen LogP contribution in [-0.2, 0) is 18.3 Å². The Morgan fingerprint density at radius 1 is 1.09 bits per heavy atom. The van der Waals surface area contributed by atoms with Crippen LogP contribution in [0.4, 0.5) is 0 Å². The molecule has 3 nitrogen and oxygen atoms in total. The van der Waals surface area contributed by atoms with E-state index >= 15 is 0 Å². The van der Waals surface area contributed by atoms with Crippen molar-refractivity contribution < 1.29 is 9.90 Å². The average Bonchev–Trinajstić information content (AvgIpc) is 2.85. The molecule has 3 aromatic rings. The summed E-state index contributed by atoms with van der Waals surface area (Å²) in [6.45, 7) is 0. The number of hydrogen-bond donors (Lipinski definition) is 1. The lowest BCUT2D eigenvalue weighted by atomic mass is 9.89. The quantitative estimate of drug-likeness (QED) is 0.773. The highest BCUT2D eigenvalue weighted by Crippen LogP contribution is 2.32. The zero-order chi connectivity index (χ0) is 15.5. The third-order valence-electron chi connectivity index (χ3n) is 4.11. The van der Waals surface area contributed by atoms with E-state index in [2.05, 4.69) is 35.0 Å². The van der Waals surface area contributed by atoms with Crippen LogP contribution in [0.2, 0.25) is 0 Å². The van der Waals surface area contributed by atoms with Crippen molar-refractivity contribution in [1.82, 2.24) is 4.57 Å². The second kappa shape index (κ2) is 6.06. The summed E-state index contributed by atoms with van der Waals surface area (Å²) in [6, 6.07) is 18.2. The molecule has 0 spiro atoms. The van der Waals surface area contributed by atoms with E-state index in [-0.39, 0.29) is 12.3 Å².